The van der Waals surface area contributed by atoms with Crippen molar-refractivity contribution in [2.45, 2.75) is 32.9 Å². The third-order valence-corrected chi connectivity index (χ3v) is 5.21. The molecule has 0 saturated heterocycles. The monoisotopic (exact) mass is 391 g/mol. The van der Waals surface area contributed by atoms with Crippen molar-refractivity contribution in [2.75, 3.05) is 29.6 Å². The lowest BCUT2D eigenvalue weighted by Crippen LogP contribution is -2.32. The van der Waals surface area contributed by atoms with Gasteiger partial charge >= 0.3 is 6.01 Å². The van der Waals surface area contributed by atoms with Gasteiger partial charge in [-0.05, 0) is 31.5 Å². The van der Waals surface area contributed by atoms with Crippen LogP contribution in [0.3, 0.4) is 0 Å². The Morgan fingerprint density at radius 2 is 1.97 bits per heavy atom. The molecule has 0 spiro atoms. The first-order valence-electron chi connectivity index (χ1n) is 9.61. The van der Waals surface area contributed by atoms with Crippen molar-refractivity contribution in [3.05, 3.63) is 59.3 Å². The highest BCUT2D eigenvalue weighted by molar-refractivity contribution is 5.69. The molecule has 2 aromatic heterocycles. The molecule has 29 heavy (non-hydrogen) atoms. The molecule has 0 radical (unpaired) electrons. The smallest absolute Gasteiger partial charge is 0.316 e. The Kier molecular flexibility index (Phi) is 5.16. The normalized spacial score (nSPS) is 14.2. The summed E-state index contributed by atoms with van der Waals surface area (Å²) in [5.41, 5.74) is 12.4. The highest BCUT2D eigenvalue weighted by Gasteiger charge is 2.23. The number of aryl methyl sites for hydroxylation is 1. The molecule has 8 heteroatoms. The highest BCUT2D eigenvalue weighted by atomic mass is 16.5. The topological polar surface area (TPSA) is 102 Å². The zero-order valence-electron chi connectivity index (χ0n) is 16.9. The van der Waals surface area contributed by atoms with Crippen LogP contribution in [0.25, 0.3) is 0 Å². The van der Waals surface area contributed by atoms with Crippen LogP contribution in [-0.2, 0) is 13.0 Å². The van der Waals surface area contributed by atoms with Gasteiger partial charge < -0.3 is 20.7 Å². The lowest BCUT2D eigenvalue weighted by atomic mass is 10.0. The van der Waals surface area contributed by atoms with E-state index in [1.807, 2.05) is 13.0 Å². The van der Waals surface area contributed by atoms with Crippen LogP contribution in [-0.4, -0.2) is 33.6 Å². The zero-order valence-corrected chi connectivity index (χ0v) is 16.9. The summed E-state index contributed by atoms with van der Waals surface area (Å²) in [7, 11) is 1.55. The quantitative estimate of drug-likeness (QED) is 0.640. The van der Waals surface area contributed by atoms with Gasteiger partial charge in [-0.1, -0.05) is 6.07 Å². The highest BCUT2D eigenvalue weighted by Crippen LogP contribution is 2.32. The van der Waals surface area contributed by atoms with Gasteiger partial charge in [0, 0.05) is 43.0 Å². The summed E-state index contributed by atoms with van der Waals surface area (Å²) >= 11 is 0. The SMILES string of the molecule is COc1ncc([C@@H](C)Nc2ncnc3c2CN(c2ccc(C)cc2N)CC3)cn1. The van der Waals surface area contributed by atoms with Gasteiger partial charge in [0.05, 0.1) is 30.2 Å². The molecule has 1 aliphatic rings. The van der Waals surface area contributed by atoms with E-state index in [1.54, 1.807) is 25.8 Å². The van der Waals surface area contributed by atoms with Crippen LogP contribution in [0.4, 0.5) is 17.2 Å². The molecular formula is C21H25N7O. The van der Waals surface area contributed by atoms with E-state index in [-0.39, 0.29) is 6.04 Å². The molecule has 0 amide bonds. The van der Waals surface area contributed by atoms with Crippen LogP contribution in [0.2, 0.25) is 0 Å². The minimum atomic E-state index is -0.0141. The summed E-state index contributed by atoms with van der Waals surface area (Å²) in [6.07, 6.45) is 5.99. The minimum absolute atomic E-state index is 0.0141. The van der Waals surface area contributed by atoms with Crippen LogP contribution in [0.1, 0.15) is 35.3 Å². The maximum Gasteiger partial charge on any atom is 0.316 e. The van der Waals surface area contributed by atoms with Gasteiger partial charge in [0.25, 0.3) is 0 Å². The lowest BCUT2D eigenvalue weighted by molar-refractivity contribution is 0.379. The Balaban J connectivity index is 1.57. The van der Waals surface area contributed by atoms with Crippen molar-refractivity contribution in [3.63, 3.8) is 0 Å². The summed E-state index contributed by atoms with van der Waals surface area (Å²) in [6.45, 7) is 5.68. The number of nitrogen functional groups attached to an aromatic ring is 1. The molecule has 1 atom stereocenters. The van der Waals surface area contributed by atoms with E-state index in [1.165, 1.54) is 0 Å². The molecule has 0 unspecified atom stereocenters. The standard InChI is InChI=1S/C21H25N7O/c1-13-4-5-19(17(22)8-13)28-7-6-18-16(11-28)20(26-12-25-18)27-14(2)15-9-23-21(29-3)24-10-15/h4-5,8-10,12,14H,6-7,11,22H2,1-3H3,(H,25,26,27)/t14-/m1/s1. The number of benzene rings is 1. The predicted molar refractivity (Wildman–Crippen MR) is 113 cm³/mol. The molecule has 0 saturated carbocycles. The van der Waals surface area contributed by atoms with E-state index in [4.69, 9.17) is 10.5 Å². The summed E-state index contributed by atoms with van der Waals surface area (Å²) < 4.78 is 5.03. The van der Waals surface area contributed by atoms with E-state index in [0.717, 1.165) is 52.5 Å². The average molecular weight is 391 g/mol. The second-order valence-corrected chi connectivity index (χ2v) is 7.25. The van der Waals surface area contributed by atoms with Crippen LogP contribution >= 0.6 is 0 Å². The van der Waals surface area contributed by atoms with Crippen LogP contribution in [0.15, 0.2) is 36.9 Å². The van der Waals surface area contributed by atoms with Gasteiger partial charge in [0.15, 0.2) is 0 Å². The van der Waals surface area contributed by atoms with Gasteiger partial charge in [-0.25, -0.2) is 19.9 Å². The van der Waals surface area contributed by atoms with Crippen LogP contribution < -0.4 is 20.7 Å². The summed E-state index contributed by atoms with van der Waals surface area (Å²) in [6, 6.07) is 6.53. The van der Waals surface area contributed by atoms with E-state index in [2.05, 4.69) is 49.2 Å². The first kappa shape index (κ1) is 18.9. The first-order valence-corrected chi connectivity index (χ1v) is 9.61. The zero-order chi connectivity index (χ0) is 20.4. The van der Waals surface area contributed by atoms with Gasteiger partial charge in [0.2, 0.25) is 0 Å². The molecular weight excluding hydrogens is 366 g/mol. The van der Waals surface area contributed by atoms with Gasteiger partial charge in [-0.15, -0.1) is 0 Å². The Bertz CT molecular complexity index is 1010. The Hall–Kier alpha value is -3.42. The Morgan fingerprint density at radius 3 is 2.69 bits per heavy atom. The van der Waals surface area contributed by atoms with Gasteiger partial charge in [-0.2, -0.15) is 0 Å². The number of nitrogens with two attached hydrogens (primary N) is 1. The summed E-state index contributed by atoms with van der Waals surface area (Å²) in [4.78, 5) is 19.7. The van der Waals surface area contributed by atoms with Crippen molar-refractivity contribution in [1.29, 1.82) is 0 Å². The first-order chi connectivity index (χ1) is 14.0. The molecule has 1 aliphatic heterocycles. The molecule has 3 aromatic rings. The van der Waals surface area contributed by atoms with E-state index >= 15 is 0 Å². The lowest BCUT2D eigenvalue weighted by Gasteiger charge is -2.32. The van der Waals surface area contributed by atoms with Crippen molar-refractivity contribution < 1.29 is 4.74 Å². The number of nitrogens with one attached hydrogen (secondary N) is 1. The fourth-order valence-corrected chi connectivity index (χ4v) is 3.58. The van der Waals surface area contributed by atoms with Gasteiger partial charge in [-0.3, -0.25) is 0 Å². The molecule has 0 aliphatic carbocycles. The summed E-state index contributed by atoms with van der Waals surface area (Å²) in [5.74, 6) is 0.828. The third-order valence-electron chi connectivity index (χ3n) is 5.21. The number of aromatic nitrogens is 4. The number of hydrogen-bond acceptors (Lipinski definition) is 8. The summed E-state index contributed by atoms with van der Waals surface area (Å²) in [5, 5.41) is 3.49. The van der Waals surface area contributed by atoms with Crippen LogP contribution in [0, 0.1) is 6.92 Å². The third kappa shape index (κ3) is 3.91. The van der Waals surface area contributed by atoms with Crippen molar-refractivity contribution in [3.8, 4) is 6.01 Å². The number of methoxy groups -OCH3 is 1. The van der Waals surface area contributed by atoms with Crippen molar-refractivity contribution >= 4 is 17.2 Å². The van der Waals surface area contributed by atoms with E-state index in [0.29, 0.717) is 12.6 Å². The average Bonchev–Trinajstić information content (AvgIpc) is 2.74. The fraction of sp³-hybridized carbons (Fsp3) is 0.333. The second-order valence-electron chi connectivity index (χ2n) is 7.25. The molecule has 3 N–H and O–H groups in total. The predicted octanol–water partition coefficient (Wildman–Crippen LogP) is 2.90. The van der Waals surface area contributed by atoms with Crippen LogP contribution in [0.5, 0.6) is 6.01 Å². The number of ether oxygens (including phenoxy) is 1. The molecule has 0 bridgehead atoms. The maximum atomic E-state index is 6.28. The maximum absolute atomic E-state index is 6.28. The molecule has 1 aromatic carbocycles. The number of anilines is 3. The minimum Gasteiger partial charge on any atom is -0.467 e. The van der Waals surface area contributed by atoms with E-state index in [9.17, 15) is 0 Å². The number of fused-ring (bicyclic) bond motifs is 1. The van der Waals surface area contributed by atoms with E-state index < -0.39 is 0 Å². The van der Waals surface area contributed by atoms with Crippen molar-refractivity contribution in [2.24, 2.45) is 0 Å². The number of hydrogen-bond donors (Lipinski definition) is 2. The number of rotatable bonds is 5. The Labute approximate surface area is 170 Å². The van der Waals surface area contributed by atoms with Crippen molar-refractivity contribution in [1.82, 2.24) is 19.9 Å². The molecule has 0 fully saturated rings. The van der Waals surface area contributed by atoms with Gasteiger partial charge in [0.1, 0.15) is 12.1 Å². The fourth-order valence-electron chi connectivity index (χ4n) is 3.58. The number of nitrogens with zero attached hydrogens (tertiary/aromatic N) is 5. The molecule has 150 valence electrons. The molecule has 4 rings (SSSR count). The second kappa shape index (κ2) is 7.90. The molecule has 3 heterocycles. The Morgan fingerprint density at radius 1 is 1.17 bits per heavy atom. The molecule has 8 nitrogen and oxygen atoms in total. The largest absolute Gasteiger partial charge is 0.467 e.